The monoisotopic (exact) mass is 175 g/mol. The van der Waals surface area contributed by atoms with Crippen LogP contribution in [0.3, 0.4) is 0 Å². The third-order valence-corrected chi connectivity index (χ3v) is 1.22. The van der Waals surface area contributed by atoms with Gasteiger partial charge in [0.15, 0.2) is 6.29 Å². The predicted molar refractivity (Wildman–Crippen MR) is 49.9 cm³/mol. The van der Waals surface area contributed by atoms with Crippen LogP contribution in [-0.4, -0.2) is 25.0 Å². The number of nitrogens with two attached hydrogens (primary N) is 1. The van der Waals surface area contributed by atoms with Crippen molar-refractivity contribution in [2.24, 2.45) is 5.73 Å². The second kappa shape index (κ2) is 5.51. The van der Waals surface area contributed by atoms with Gasteiger partial charge in [0.2, 0.25) is 0 Å². The van der Waals surface area contributed by atoms with E-state index in [4.69, 9.17) is 15.2 Å². The molecule has 1 atom stereocenters. The molecular weight excluding hydrogens is 154 g/mol. The second-order valence-corrected chi connectivity index (χ2v) is 3.81. The third kappa shape index (κ3) is 7.98. The Morgan fingerprint density at radius 2 is 1.92 bits per heavy atom. The number of hydrogen-bond acceptors (Lipinski definition) is 3. The summed E-state index contributed by atoms with van der Waals surface area (Å²) in [6, 6.07) is 0. The average Bonchev–Trinajstić information content (AvgIpc) is 1.84. The van der Waals surface area contributed by atoms with Gasteiger partial charge in [-0.2, -0.15) is 0 Å². The molecule has 74 valence electrons. The maximum atomic E-state index is 5.52. The molecule has 0 rings (SSSR count). The van der Waals surface area contributed by atoms with E-state index in [9.17, 15) is 0 Å². The molecule has 0 saturated carbocycles. The Morgan fingerprint density at radius 1 is 1.33 bits per heavy atom. The fraction of sp³-hybridized carbons (Fsp3) is 1.00. The van der Waals surface area contributed by atoms with Gasteiger partial charge in [-0.1, -0.05) is 0 Å². The van der Waals surface area contributed by atoms with Gasteiger partial charge in [0.1, 0.15) is 0 Å². The molecule has 0 aliphatic heterocycles. The summed E-state index contributed by atoms with van der Waals surface area (Å²) in [5, 5.41) is 0. The van der Waals surface area contributed by atoms with Crippen molar-refractivity contribution in [3.8, 4) is 0 Å². The van der Waals surface area contributed by atoms with E-state index >= 15 is 0 Å². The first-order valence-corrected chi connectivity index (χ1v) is 4.45. The van der Waals surface area contributed by atoms with E-state index in [1.165, 1.54) is 0 Å². The van der Waals surface area contributed by atoms with Crippen molar-refractivity contribution in [1.29, 1.82) is 0 Å². The van der Waals surface area contributed by atoms with Gasteiger partial charge in [-0.05, 0) is 40.7 Å². The smallest absolute Gasteiger partial charge is 0.155 e. The first kappa shape index (κ1) is 11.9. The van der Waals surface area contributed by atoms with Crippen LogP contribution < -0.4 is 5.73 Å². The van der Waals surface area contributed by atoms with Crippen LogP contribution in [0.4, 0.5) is 0 Å². The van der Waals surface area contributed by atoms with Gasteiger partial charge in [-0.15, -0.1) is 0 Å². The molecule has 0 aliphatic rings. The molecule has 0 heterocycles. The lowest BCUT2D eigenvalue weighted by atomic mass is 10.2. The summed E-state index contributed by atoms with van der Waals surface area (Å²) in [6.45, 7) is 9.28. The molecule has 0 aliphatic carbocycles. The van der Waals surface area contributed by atoms with Crippen LogP contribution in [-0.2, 0) is 9.47 Å². The highest BCUT2D eigenvalue weighted by Crippen LogP contribution is 2.11. The molecule has 0 bridgehead atoms. The lowest BCUT2D eigenvalue weighted by Crippen LogP contribution is -2.27. The maximum Gasteiger partial charge on any atom is 0.155 e. The second-order valence-electron chi connectivity index (χ2n) is 3.81. The van der Waals surface area contributed by atoms with E-state index in [-0.39, 0.29) is 11.9 Å². The van der Waals surface area contributed by atoms with Gasteiger partial charge in [0.05, 0.1) is 12.2 Å². The molecule has 1 unspecified atom stereocenters. The minimum atomic E-state index is -0.142. The Bertz CT molecular complexity index is 110. The van der Waals surface area contributed by atoms with Gasteiger partial charge in [-0.3, -0.25) is 0 Å². The Kier molecular flexibility index (Phi) is 5.46. The highest BCUT2D eigenvalue weighted by Gasteiger charge is 2.14. The molecule has 0 amide bonds. The topological polar surface area (TPSA) is 44.5 Å². The Morgan fingerprint density at radius 3 is 2.33 bits per heavy atom. The minimum absolute atomic E-state index is 0.137. The molecule has 2 N–H and O–H groups in total. The zero-order chi connectivity index (χ0) is 9.61. The molecule has 0 radical (unpaired) electrons. The summed E-state index contributed by atoms with van der Waals surface area (Å²) < 4.78 is 10.9. The number of ether oxygens (including phenoxy) is 2. The predicted octanol–water partition coefficient (Wildman–Crippen LogP) is 1.51. The minimum Gasteiger partial charge on any atom is -0.353 e. The van der Waals surface area contributed by atoms with Crippen molar-refractivity contribution in [3.05, 3.63) is 0 Å². The van der Waals surface area contributed by atoms with Crippen LogP contribution in [0, 0.1) is 0 Å². The van der Waals surface area contributed by atoms with Crippen LogP contribution in [0.15, 0.2) is 0 Å². The van der Waals surface area contributed by atoms with Gasteiger partial charge >= 0.3 is 0 Å². The SMILES string of the molecule is CC(OCCCN)OC(C)(C)C. The van der Waals surface area contributed by atoms with E-state index < -0.39 is 0 Å². The zero-order valence-electron chi connectivity index (χ0n) is 8.59. The van der Waals surface area contributed by atoms with E-state index in [0.29, 0.717) is 13.2 Å². The summed E-state index contributed by atoms with van der Waals surface area (Å²) in [7, 11) is 0. The van der Waals surface area contributed by atoms with Crippen molar-refractivity contribution in [2.75, 3.05) is 13.2 Å². The van der Waals surface area contributed by atoms with Crippen molar-refractivity contribution in [1.82, 2.24) is 0 Å². The molecule has 0 aromatic rings. The van der Waals surface area contributed by atoms with Crippen molar-refractivity contribution in [3.63, 3.8) is 0 Å². The zero-order valence-corrected chi connectivity index (χ0v) is 8.59. The lowest BCUT2D eigenvalue weighted by molar-refractivity contribution is -0.184. The van der Waals surface area contributed by atoms with E-state index in [1.54, 1.807) is 0 Å². The molecule has 0 aromatic heterocycles. The van der Waals surface area contributed by atoms with Crippen LogP contribution >= 0.6 is 0 Å². The van der Waals surface area contributed by atoms with Crippen molar-refractivity contribution >= 4 is 0 Å². The van der Waals surface area contributed by atoms with Crippen LogP contribution in [0.2, 0.25) is 0 Å². The van der Waals surface area contributed by atoms with Crippen LogP contribution in [0.5, 0.6) is 0 Å². The third-order valence-electron chi connectivity index (χ3n) is 1.22. The highest BCUT2D eigenvalue weighted by molar-refractivity contribution is 4.58. The van der Waals surface area contributed by atoms with E-state index in [0.717, 1.165) is 6.42 Å². The maximum absolute atomic E-state index is 5.52. The fourth-order valence-electron chi connectivity index (χ4n) is 0.865. The fourth-order valence-corrected chi connectivity index (χ4v) is 0.865. The molecule has 0 aromatic carbocycles. The Balaban J connectivity index is 3.40. The van der Waals surface area contributed by atoms with Crippen LogP contribution in [0.25, 0.3) is 0 Å². The van der Waals surface area contributed by atoms with Gasteiger partial charge in [0, 0.05) is 0 Å². The van der Waals surface area contributed by atoms with Gasteiger partial charge in [-0.25, -0.2) is 0 Å². The summed E-state index contributed by atoms with van der Waals surface area (Å²) in [5.74, 6) is 0. The van der Waals surface area contributed by atoms with Crippen LogP contribution in [0.1, 0.15) is 34.1 Å². The summed E-state index contributed by atoms with van der Waals surface area (Å²) >= 11 is 0. The first-order valence-electron chi connectivity index (χ1n) is 4.45. The van der Waals surface area contributed by atoms with Gasteiger partial charge < -0.3 is 15.2 Å². The summed E-state index contributed by atoms with van der Waals surface area (Å²) in [4.78, 5) is 0. The van der Waals surface area contributed by atoms with E-state index in [2.05, 4.69) is 0 Å². The number of hydrogen-bond donors (Lipinski definition) is 1. The molecule has 3 nitrogen and oxygen atoms in total. The molecular formula is C9H21NO2. The molecule has 0 fully saturated rings. The largest absolute Gasteiger partial charge is 0.353 e. The summed E-state index contributed by atoms with van der Waals surface area (Å²) in [5.41, 5.74) is 5.18. The highest BCUT2D eigenvalue weighted by atomic mass is 16.7. The molecule has 0 saturated heterocycles. The average molecular weight is 175 g/mol. The van der Waals surface area contributed by atoms with Crippen molar-refractivity contribution in [2.45, 2.75) is 46.0 Å². The Hall–Kier alpha value is -0.120. The molecule has 0 spiro atoms. The molecule has 3 heteroatoms. The quantitative estimate of drug-likeness (QED) is 0.509. The van der Waals surface area contributed by atoms with E-state index in [1.807, 2.05) is 27.7 Å². The standard InChI is InChI=1S/C9H21NO2/c1-8(11-7-5-6-10)12-9(2,3)4/h8H,5-7,10H2,1-4H3. The van der Waals surface area contributed by atoms with Gasteiger partial charge in [0.25, 0.3) is 0 Å². The number of rotatable bonds is 5. The van der Waals surface area contributed by atoms with Crippen molar-refractivity contribution < 1.29 is 9.47 Å². The molecule has 12 heavy (non-hydrogen) atoms. The lowest BCUT2D eigenvalue weighted by Gasteiger charge is -2.24. The normalized spacial score (nSPS) is 14.8. The summed E-state index contributed by atoms with van der Waals surface area (Å²) in [6.07, 6.45) is 0.745. The first-order chi connectivity index (χ1) is 5.45. The Labute approximate surface area is 75.2 Å².